The van der Waals surface area contributed by atoms with Gasteiger partial charge in [0.1, 0.15) is 23.2 Å². The van der Waals surface area contributed by atoms with E-state index in [1.807, 2.05) is 0 Å². The second kappa shape index (κ2) is 6.99. The number of carbonyl (C=O) groups is 2. The van der Waals surface area contributed by atoms with Crippen molar-refractivity contribution in [2.45, 2.75) is 6.04 Å². The number of nitrogens with one attached hydrogen (secondary N) is 1. The minimum Gasteiger partial charge on any atom is -0.497 e. The summed E-state index contributed by atoms with van der Waals surface area (Å²) < 4.78 is 17.0. The van der Waals surface area contributed by atoms with Gasteiger partial charge in [-0.1, -0.05) is 17.2 Å². The van der Waals surface area contributed by atoms with Crippen LogP contribution < -0.4 is 10.1 Å². The number of ketones is 1. The Kier molecular flexibility index (Phi) is 4.36. The van der Waals surface area contributed by atoms with Crippen LogP contribution in [-0.2, 0) is 9.53 Å². The number of hydrogen-bond acceptors (Lipinski definition) is 9. The van der Waals surface area contributed by atoms with Gasteiger partial charge in [0, 0.05) is 5.56 Å². The second-order valence-electron chi connectivity index (χ2n) is 5.83. The molecule has 0 radical (unpaired) electrons. The Bertz CT molecular complexity index is 1070. The van der Waals surface area contributed by atoms with Crippen molar-refractivity contribution >= 4 is 17.7 Å². The minimum absolute atomic E-state index is 0.0565. The molecule has 4 rings (SSSR count). The molecule has 0 bridgehead atoms. The van der Waals surface area contributed by atoms with Crippen LogP contribution in [0.1, 0.15) is 22.2 Å². The Hall–Kier alpha value is -3.95. The van der Waals surface area contributed by atoms with Gasteiger partial charge in [0.25, 0.3) is 0 Å². The van der Waals surface area contributed by atoms with Gasteiger partial charge in [-0.25, -0.2) is 4.79 Å². The first-order chi connectivity index (χ1) is 13.6. The van der Waals surface area contributed by atoms with E-state index < -0.39 is 17.8 Å². The van der Waals surface area contributed by atoms with E-state index in [9.17, 15) is 9.59 Å². The van der Waals surface area contributed by atoms with Gasteiger partial charge in [-0.2, -0.15) is 4.68 Å². The summed E-state index contributed by atoms with van der Waals surface area (Å²) in [4.78, 5) is 25.9. The maximum absolute atomic E-state index is 13.5. The third-order valence-electron chi connectivity index (χ3n) is 4.30. The number of hydrogen-bond donors (Lipinski definition) is 1. The summed E-state index contributed by atoms with van der Waals surface area (Å²) in [5.41, 5.74) is 0.361. The fraction of sp³-hybridized carbons (Fsp3) is 0.167. The zero-order chi connectivity index (χ0) is 19.7. The molecule has 3 heterocycles. The molecule has 1 atom stereocenters. The quantitative estimate of drug-likeness (QED) is 0.519. The number of carbonyl (C=O) groups excluding carboxylic acids is 2. The molecule has 10 heteroatoms. The van der Waals surface area contributed by atoms with E-state index in [0.717, 1.165) is 0 Å². The molecule has 0 aliphatic carbocycles. The Morgan fingerprint density at radius 1 is 1.21 bits per heavy atom. The average Bonchev–Trinajstić information content (AvgIpc) is 3.43. The van der Waals surface area contributed by atoms with Crippen LogP contribution in [0.3, 0.4) is 0 Å². The lowest BCUT2D eigenvalue weighted by Crippen LogP contribution is -2.32. The first-order valence-electron chi connectivity index (χ1n) is 8.23. The smallest absolute Gasteiger partial charge is 0.355 e. The first-order valence-corrected chi connectivity index (χ1v) is 8.23. The normalized spacial score (nSPS) is 15.6. The zero-order valence-corrected chi connectivity index (χ0v) is 14.9. The van der Waals surface area contributed by atoms with Crippen molar-refractivity contribution in [3.05, 3.63) is 65.3 Å². The van der Waals surface area contributed by atoms with E-state index in [2.05, 4.69) is 20.8 Å². The van der Waals surface area contributed by atoms with Gasteiger partial charge in [-0.15, -0.1) is 0 Å². The maximum Gasteiger partial charge on any atom is 0.355 e. The average molecular weight is 381 g/mol. The lowest BCUT2D eigenvalue weighted by Gasteiger charge is -2.26. The number of methoxy groups -OCH3 is 2. The number of rotatable bonds is 5. The number of aromatic nitrogens is 4. The van der Waals surface area contributed by atoms with Crippen LogP contribution in [-0.4, -0.2) is 46.2 Å². The van der Waals surface area contributed by atoms with Crippen molar-refractivity contribution < 1.29 is 23.5 Å². The number of anilines is 1. The molecule has 10 nitrogen and oxygen atoms in total. The zero-order valence-electron chi connectivity index (χ0n) is 14.9. The van der Waals surface area contributed by atoms with Crippen molar-refractivity contribution in [2.24, 2.45) is 0 Å². The summed E-state index contributed by atoms with van der Waals surface area (Å²) in [5.74, 6) is -0.0643. The number of furan rings is 1. The van der Waals surface area contributed by atoms with Crippen LogP contribution in [0.15, 0.2) is 58.3 Å². The Labute approximate surface area is 158 Å². The summed E-state index contributed by atoms with van der Waals surface area (Å²) in [6.45, 7) is 0. The maximum atomic E-state index is 13.5. The van der Waals surface area contributed by atoms with E-state index >= 15 is 0 Å². The van der Waals surface area contributed by atoms with Crippen LogP contribution >= 0.6 is 0 Å². The van der Waals surface area contributed by atoms with E-state index in [-0.39, 0.29) is 17.2 Å². The monoisotopic (exact) mass is 381 g/mol. The third-order valence-corrected chi connectivity index (χ3v) is 4.30. The van der Waals surface area contributed by atoms with Crippen LogP contribution in [0, 0.1) is 0 Å². The van der Waals surface area contributed by atoms with Crippen molar-refractivity contribution in [3.63, 3.8) is 0 Å². The number of tetrazole rings is 1. The molecule has 0 fully saturated rings. The predicted molar refractivity (Wildman–Crippen MR) is 94.7 cm³/mol. The number of nitrogens with zero attached hydrogens (tertiary/aromatic N) is 4. The number of benzene rings is 1. The molecule has 0 amide bonds. The fourth-order valence-electron chi connectivity index (χ4n) is 3.02. The van der Waals surface area contributed by atoms with E-state index in [1.165, 1.54) is 25.2 Å². The number of ether oxygens (including phenoxy) is 2. The van der Waals surface area contributed by atoms with Crippen LogP contribution in [0.5, 0.6) is 5.75 Å². The molecule has 142 valence electrons. The highest BCUT2D eigenvalue weighted by Gasteiger charge is 2.39. The van der Waals surface area contributed by atoms with Crippen molar-refractivity contribution in [3.8, 4) is 5.75 Å². The minimum atomic E-state index is -0.853. The SMILES string of the molecule is COC(=O)C1=C(C(=O)c2cccc(OC)c2)[C@H](c2ccco2)n2nnnc2N1. The van der Waals surface area contributed by atoms with E-state index in [4.69, 9.17) is 13.9 Å². The molecule has 3 aromatic rings. The highest BCUT2D eigenvalue weighted by molar-refractivity contribution is 6.15. The summed E-state index contributed by atoms with van der Waals surface area (Å²) in [7, 11) is 2.73. The largest absolute Gasteiger partial charge is 0.497 e. The Balaban J connectivity index is 1.93. The Morgan fingerprint density at radius 3 is 2.79 bits per heavy atom. The summed E-state index contributed by atoms with van der Waals surface area (Å²) in [6.07, 6.45) is 1.47. The van der Waals surface area contributed by atoms with Crippen molar-refractivity contribution in [1.82, 2.24) is 20.2 Å². The van der Waals surface area contributed by atoms with Crippen LogP contribution in [0.25, 0.3) is 0 Å². The standard InChI is InChI=1S/C18H15N5O5/c1-26-11-6-3-5-10(9-11)16(24)13-14(17(25)27-2)19-18-20-21-22-23(18)15(13)12-7-4-8-28-12/h3-9,15H,1-2H3,(H,19,20,22)/t15-/m0/s1. The van der Waals surface area contributed by atoms with E-state index in [1.54, 1.807) is 36.4 Å². The third kappa shape index (κ3) is 2.80. The number of esters is 1. The molecule has 1 N–H and O–H groups in total. The molecule has 1 aliphatic heterocycles. The molecule has 28 heavy (non-hydrogen) atoms. The van der Waals surface area contributed by atoms with Gasteiger partial charge >= 0.3 is 5.97 Å². The van der Waals surface area contributed by atoms with Crippen LogP contribution in [0.4, 0.5) is 5.95 Å². The van der Waals surface area contributed by atoms with Gasteiger partial charge < -0.3 is 19.2 Å². The van der Waals surface area contributed by atoms with Gasteiger partial charge in [0.15, 0.2) is 5.78 Å². The number of Topliss-reactive ketones (excluding diaryl/α,β-unsaturated/α-hetero) is 1. The summed E-state index contributed by atoms with van der Waals surface area (Å²) in [6, 6.07) is 9.11. The second-order valence-corrected chi connectivity index (χ2v) is 5.83. The number of fused-ring (bicyclic) bond motifs is 1. The van der Waals surface area contributed by atoms with Gasteiger partial charge in [-0.05, 0) is 34.7 Å². The van der Waals surface area contributed by atoms with Crippen LogP contribution in [0.2, 0.25) is 0 Å². The molecule has 0 spiro atoms. The van der Waals surface area contributed by atoms with Crippen molar-refractivity contribution in [1.29, 1.82) is 0 Å². The van der Waals surface area contributed by atoms with Gasteiger partial charge in [0.2, 0.25) is 5.95 Å². The van der Waals surface area contributed by atoms with E-state index in [0.29, 0.717) is 17.1 Å². The molecule has 0 unspecified atom stereocenters. The molecule has 2 aromatic heterocycles. The predicted octanol–water partition coefficient (Wildman–Crippen LogP) is 1.60. The van der Waals surface area contributed by atoms with Crippen molar-refractivity contribution in [2.75, 3.05) is 19.5 Å². The fourth-order valence-corrected chi connectivity index (χ4v) is 3.02. The van der Waals surface area contributed by atoms with Gasteiger partial charge in [-0.3, -0.25) is 4.79 Å². The molecule has 1 aliphatic rings. The summed E-state index contributed by atoms with van der Waals surface area (Å²) >= 11 is 0. The highest BCUT2D eigenvalue weighted by atomic mass is 16.5. The Morgan fingerprint density at radius 2 is 2.07 bits per heavy atom. The first kappa shape index (κ1) is 17.5. The molecule has 0 saturated carbocycles. The highest BCUT2D eigenvalue weighted by Crippen LogP contribution is 2.37. The molecular formula is C18H15N5O5. The van der Waals surface area contributed by atoms with Gasteiger partial charge in [0.05, 0.1) is 26.1 Å². The lowest BCUT2D eigenvalue weighted by atomic mass is 9.92. The summed E-state index contributed by atoms with van der Waals surface area (Å²) in [5, 5.41) is 14.2. The molecular weight excluding hydrogens is 366 g/mol. The topological polar surface area (TPSA) is 121 Å². The molecule has 0 saturated heterocycles. The molecule has 1 aromatic carbocycles. The number of allylic oxidation sites excluding steroid dienone is 1. The lowest BCUT2D eigenvalue weighted by molar-refractivity contribution is -0.136.